The molecule has 0 aliphatic heterocycles. The molecule has 0 spiro atoms. The molecule has 3 nitrogen and oxygen atoms in total. The quantitative estimate of drug-likeness (QED) is 0.186. The summed E-state index contributed by atoms with van der Waals surface area (Å²) in [5.74, 6) is -71.4. The normalized spacial score (nSPS) is 18.5. The van der Waals surface area contributed by atoms with Crippen LogP contribution in [-0.4, -0.2) is 71.0 Å². The Bertz CT molecular complexity index is 918. The maximum Gasteiger partial charge on any atom is 0.460 e. The third-order valence-corrected chi connectivity index (χ3v) is 5.53. The van der Waals surface area contributed by atoms with Gasteiger partial charge in [0.1, 0.15) is 0 Å². The molecule has 0 amide bonds. The molecule has 0 rings (SSSR count). The van der Waals surface area contributed by atoms with Crippen molar-refractivity contribution >= 4 is 21.7 Å². The van der Waals surface area contributed by atoms with E-state index in [9.17, 15) is 96.2 Å². The molecule has 212 valence electrons. The maximum atomic E-state index is 13.4. The van der Waals surface area contributed by atoms with Gasteiger partial charge in [0.15, 0.2) is 0 Å². The van der Waals surface area contributed by atoms with Crippen molar-refractivity contribution < 1.29 is 101 Å². The number of halogens is 21. The van der Waals surface area contributed by atoms with E-state index in [-0.39, 0.29) is 0 Å². The van der Waals surface area contributed by atoms with Crippen molar-refractivity contribution in [1.29, 1.82) is 0 Å². The molecule has 0 bridgehead atoms. The van der Waals surface area contributed by atoms with Crippen LogP contribution < -0.4 is 0 Å². The second-order valence-corrected chi connectivity index (χ2v) is 8.34. The average Bonchev–Trinajstić information content (AvgIpc) is 2.58. The first-order valence-corrected chi connectivity index (χ1v) is 8.76. The topological polar surface area (TPSA) is 54.4 Å². The van der Waals surface area contributed by atoms with Gasteiger partial charge in [-0.25, -0.2) is 0 Å². The van der Waals surface area contributed by atoms with Gasteiger partial charge >= 0.3 is 68.1 Å². The highest BCUT2D eigenvalue weighted by atomic mass is 35.5. The van der Waals surface area contributed by atoms with Crippen LogP contribution in [0.25, 0.3) is 0 Å². The minimum atomic E-state index is -9.27. The summed E-state index contributed by atoms with van der Waals surface area (Å²) in [6.07, 6.45) is -8.05. The van der Waals surface area contributed by atoms with Gasteiger partial charge in [0.05, 0.1) is 0 Å². The van der Waals surface area contributed by atoms with Crippen LogP contribution in [0.4, 0.5) is 87.8 Å². The van der Waals surface area contributed by atoms with Crippen LogP contribution in [0.2, 0.25) is 0 Å². The van der Waals surface area contributed by atoms with Crippen molar-refractivity contribution in [3.8, 4) is 0 Å². The van der Waals surface area contributed by atoms with Gasteiger partial charge in [0, 0.05) is 0 Å². The first-order valence-electron chi connectivity index (χ1n) is 6.94. The Hall–Kier alpha value is -1.20. The van der Waals surface area contributed by atoms with Gasteiger partial charge in [-0.3, -0.25) is 4.55 Å². The molecule has 0 saturated carbocycles. The Morgan fingerprint density at radius 1 is 0.400 bits per heavy atom. The van der Waals surface area contributed by atoms with Crippen LogP contribution >= 0.6 is 11.6 Å². The maximum absolute atomic E-state index is 13.4. The molecule has 0 aromatic heterocycles. The Morgan fingerprint density at radius 3 is 0.743 bits per heavy atom. The number of alkyl halides is 21. The van der Waals surface area contributed by atoms with Crippen LogP contribution in [-0.2, 0) is 10.1 Å². The van der Waals surface area contributed by atoms with Crippen LogP contribution in [0.15, 0.2) is 0 Å². The van der Waals surface area contributed by atoms with E-state index >= 15 is 0 Å². The minimum Gasteiger partial charge on any atom is -0.282 e. The molecule has 1 N–H and O–H groups in total. The predicted octanol–water partition coefficient (Wildman–Crippen LogP) is 6.38. The van der Waals surface area contributed by atoms with Crippen LogP contribution in [0.3, 0.4) is 0 Å². The lowest BCUT2D eigenvalue weighted by molar-refractivity contribution is -0.469. The smallest absolute Gasteiger partial charge is 0.282 e. The van der Waals surface area contributed by atoms with Crippen LogP contribution in [0.5, 0.6) is 0 Å². The van der Waals surface area contributed by atoms with E-state index in [2.05, 4.69) is 11.6 Å². The zero-order valence-electron chi connectivity index (χ0n) is 14.6. The van der Waals surface area contributed by atoms with Crippen molar-refractivity contribution in [3.63, 3.8) is 0 Å². The lowest BCUT2D eigenvalue weighted by Gasteiger charge is -2.44. The highest BCUT2D eigenvalue weighted by molar-refractivity contribution is 7.88. The number of hydrogen-bond acceptors (Lipinski definition) is 2. The van der Waals surface area contributed by atoms with Crippen LogP contribution in [0.1, 0.15) is 0 Å². The lowest BCUT2D eigenvalue weighted by Crippen LogP contribution is -2.77. The van der Waals surface area contributed by atoms with Crippen molar-refractivity contribution in [2.24, 2.45) is 0 Å². The molecule has 25 heteroatoms. The van der Waals surface area contributed by atoms with Crippen molar-refractivity contribution in [2.45, 2.75) is 58.0 Å². The Balaban J connectivity index is 7.21. The monoisotopic (exact) mass is 616 g/mol. The van der Waals surface area contributed by atoms with E-state index in [0.29, 0.717) is 0 Å². The molecule has 35 heavy (non-hydrogen) atoms. The number of hydrogen-bond donors (Lipinski definition) is 1. The highest BCUT2D eigenvalue weighted by Crippen LogP contribution is 2.66. The van der Waals surface area contributed by atoms with Gasteiger partial charge in [-0.2, -0.15) is 96.2 Å². The summed E-state index contributed by atoms with van der Waals surface area (Å²) in [5.41, 5.74) is 0. The van der Waals surface area contributed by atoms with E-state index in [1.165, 1.54) is 0 Å². The first-order chi connectivity index (χ1) is 14.5. The third-order valence-electron chi connectivity index (χ3n) is 3.81. The highest BCUT2D eigenvalue weighted by Gasteiger charge is 2.98. The van der Waals surface area contributed by atoms with Gasteiger partial charge in [0.2, 0.25) is 0 Å². The first kappa shape index (κ1) is 33.8. The summed E-state index contributed by atoms with van der Waals surface area (Å²) in [5, 5.41) is 0. The summed E-state index contributed by atoms with van der Waals surface area (Å²) >= 11 is 3.54. The summed E-state index contributed by atoms with van der Waals surface area (Å²) < 4.78 is 281. The molecule has 0 radical (unpaired) electrons. The fraction of sp³-hybridized carbons (Fsp3) is 1.00. The van der Waals surface area contributed by atoms with Crippen molar-refractivity contribution in [3.05, 3.63) is 0 Å². The fourth-order valence-electron chi connectivity index (χ4n) is 1.71. The molecule has 0 fully saturated rings. The largest absolute Gasteiger partial charge is 0.460 e. The van der Waals surface area contributed by atoms with E-state index in [1.807, 2.05) is 0 Å². The summed E-state index contributed by atoms with van der Waals surface area (Å²) in [6.45, 7) is 0. The lowest BCUT2D eigenvalue weighted by atomic mass is 9.87. The van der Waals surface area contributed by atoms with Crippen molar-refractivity contribution in [2.75, 3.05) is 0 Å². The number of rotatable bonds is 9. The second kappa shape index (κ2) is 7.90. The SMILES string of the molecule is O=S(=O)(O)C(F)(Cl)C(F)(F)C(F)(F)C(F)(F)C(F)(F)C(F)(F)C(F)(F)C(F)(F)C(F)(F)C(F)(F)F. The van der Waals surface area contributed by atoms with E-state index < -0.39 is 68.1 Å². The van der Waals surface area contributed by atoms with E-state index in [1.54, 1.807) is 0 Å². The summed E-state index contributed by atoms with van der Waals surface area (Å²) in [4.78, 5) is 0. The molecule has 0 aliphatic rings. The molecule has 1 atom stereocenters. The third kappa shape index (κ3) is 3.95. The summed E-state index contributed by atoms with van der Waals surface area (Å²) in [6, 6.07) is 0. The zero-order chi connectivity index (χ0) is 29.5. The molecule has 0 aliphatic carbocycles. The fourth-order valence-corrected chi connectivity index (χ4v) is 2.28. The van der Waals surface area contributed by atoms with Gasteiger partial charge in [-0.05, 0) is 0 Å². The van der Waals surface area contributed by atoms with Gasteiger partial charge in [0.25, 0.3) is 0 Å². The molecule has 1 unspecified atom stereocenters. The molecule has 0 heterocycles. The Kier molecular flexibility index (Phi) is 7.63. The van der Waals surface area contributed by atoms with E-state index in [4.69, 9.17) is 4.55 Å². The van der Waals surface area contributed by atoms with E-state index in [0.717, 1.165) is 0 Å². The average molecular weight is 617 g/mol. The van der Waals surface area contributed by atoms with Crippen molar-refractivity contribution in [1.82, 2.24) is 0 Å². The van der Waals surface area contributed by atoms with Gasteiger partial charge < -0.3 is 0 Å². The molecular formula is C10HClF20O3S. The predicted molar refractivity (Wildman–Crippen MR) is 66.9 cm³/mol. The molecular weight excluding hydrogens is 616 g/mol. The molecule has 0 saturated heterocycles. The molecule has 0 aromatic carbocycles. The molecule has 0 aromatic rings. The summed E-state index contributed by atoms with van der Waals surface area (Å²) in [7, 11) is -7.66. The Morgan fingerprint density at radius 2 is 0.571 bits per heavy atom. The van der Waals surface area contributed by atoms with Crippen LogP contribution in [0, 0.1) is 0 Å². The Labute approximate surface area is 181 Å². The van der Waals surface area contributed by atoms with Gasteiger partial charge in [-0.15, -0.1) is 0 Å². The standard InChI is InChI=1S/C10HClF20O3S/c11-9(28,35(32,33)34)7(24,25)5(20,21)3(16,17)1(12,13)2(14,15)4(18,19)6(22,23)8(26,27)10(29,30)31/h(H,32,33,34). The second-order valence-electron chi connectivity index (χ2n) is 6.08. The zero-order valence-corrected chi connectivity index (χ0v) is 16.2. The van der Waals surface area contributed by atoms with Gasteiger partial charge in [-0.1, -0.05) is 11.6 Å². The minimum absolute atomic E-state index is 3.54.